The lowest BCUT2D eigenvalue weighted by Crippen LogP contribution is -2.15. The molecule has 1 unspecified atom stereocenters. The fourth-order valence-corrected chi connectivity index (χ4v) is 2.74. The van der Waals surface area contributed by atoms with Crippen LogP contribution in [0.5, 0.6) is 5.75 Å². The van der Waals surface area contributed by atoms with Gasteiger partial charge in [0.1, 0.15) is 12.4 Å². The van der Waals surface area contributed by atoms with Crippen LogP contribution in [0.25, 0.3) is 0 Å². The molecule has 0 saturated heterocycles. The first-order valence-corrected chi connectivity index (χ1v) is 8.53. The van der Waals surface area contributed by atoms with Crippen molar-refractivity contribution < 1.29 is 14.6 Å². The largest absolute Gasteiger partial charge is 0.508 e. The molecule has 3 heteroatoms. The van der Waals surface area contributed by atoms with Crippen molar-refractivity contribution in [1.29, 1.82) is 0 Å². The average Bonchev–Trinajstić information content (AvgIpc) is 2.56. The van der Waals surface area contributed by atoms with E-state index >= 15 is 0 Å². The van der Waals surface area contributed by atoms with E-state index in [0.717, 1.165) is 17.5 Å². The Hall–Kier alpha value is -2.29. The van der Waals surface area contributed by atoms with Gasteiger partial charge < -0.3 is 9.84 Å². The summed E-state index contributed by atoms with van der Waals surface area (Å²) >= 11 is 0. The van der Waals surface area contributed by atoms with Crippen LogP contribution in [0.2, 0.25) is 0 Å². The molecule has 0 radical (unpaired) electrons. The van der Waals surface area contributed by atoms with Gasteiger partial charge in [-0.05, 0) is 47.6 Å². The van der Waals surface area contributed by atoms with Gasteiger partial charge in [0.25, 0.3) is 0 Å². The third-order valence-electron chi connectivity index (χ3n) is 4.04. The Balaban J connectivity index is 1.98. The molecular weight excluding hydrogens is 300 g/mol. The molecule has 2 aromatic carbocycles. The zero-order chi connectivity index (χ0) is 17.5. The molecule has 1 atom stereocenters. The van der Waals surface area contributed by atoms with Crippen molar-refractivity contribution in [3.05, 3.63) is 65.2 Å². The van der Waals surface area contributed by atoms with E-state index in [1.54, 1.807) is 24.3 Å². The Bertz CT molecular complexity index is 642. The van der Waals surface area contributed by atoms with E-state index in [1.165, 1.54) is 5.56 Å². The molecule has 0 saturated carbocycles. The van der Waals surface area contributed by atoms with Crippen LogP contribution in [-0.4, -0.2) is 11.1 Å². The summed E-state index contributed by atoms with van der Waals surface area (Å²) in [6, 6.07) is 15.0. The summed E-state index contributed by atoms with van der Waals surface area (Å²) in [5, 5.41) is 9.28. The van der Waals surface area contributed by atoms with E-state index in [0.29, 0.717) is 12.3 Å². The minimum absolute atomic E-state index is 0.206. The fourth-order valence-electron chi connectivity index (χ4n) is 2.74. The number of carbonyl (C=O) groups excluding carboxylic acids is 1. The second kappa shape index (κ2) is 8.53. The van der Waals surface area contributed by atoms with Gasteiger partial charge in [-0.2, -0.15) is 0 Å². The molecule has 0 heterocycles. The van der Waals surface area contributed by atoms with E-state index in [1.807, 2.05) is 19.1 Å². The van der Waals surface area contributed by atoms with Crippen molar-refractivity contribution in [1.82, 2.24) is 0 Å². The van der Waals surface area contributed by atoms with E-state index < -0.39 is 0 Å². The molecule has 0 amide bonds. The van der Waals surface area contributed by atoms with Crippen molar-refractivity contribution >= 4 is 5.97 Å². The number of phenols is 1. The van der Waals surface area contributed by atoms with Gasteiger partial charge in [0.05, 0.1) is 5.92 Å². The standard InChI is InChI=1S/C21H26O3/c1-4-20(18-9-5-16(6-10-18)13-15(2)3)21(23)24-14-17-7-11-19(22)12-8-17/h5-12,15,20,22H,4,13-14H2,1-3H3. The fraction of sp³-hybridized carbons (Fsp3) is 0.381. The van der Waals surface area contributed by atoms with Crippen LogP contribution in [0.3, 0.4) is 0 Å². The van der Waals surface area contributed by atoms with Gasteiger partial charge in [-0.3, -0.25) is 4.79 Å². The molecule has 0 aromatic heterocycles. The number of hydrogen-bond acceptors (Lipinski definition) is 3. The second-order valence-corrected chi connectivity index (χ2v) is 6.57. The highest BCUT2D eigenvalue weighted by molar-refractivity contribution is 5.78. The van der Waals surface area contributed by atoms with Crippen LogP contribution >= 0.6 is 0 Å². The SMILES string of the molecule is CCC(C(=O)OCc1ccc(O)cc1)c1ccc(CC(C)C)cc1. The van der Waals surface area contributed by atoms with Gasteiger partial charge in [-0.15, -0.1) is 0 Å². The van der Waals surface area contributed by atoms with Crippen LogP contribution in [0.1, 0.15) is 49.8 Å². The number of rotatable bonds is 7. The Kier molecular flexibility index (Phi) is 6.42. The molecule has 0 aliphatic rings. The van der Waals surface area contributed by atoms with E-state index in [9.17, 15) is 9.90 Å². The Morgan fingerprint density at radius 2 is 1.58 bits per heavy atom. The molecule has 0 aliphatic carbocycles. The zero-order valence-electron chi connectivity index (χ0n) is 14.7. The van der Waals surface area contributed by atoms with Crippen molar-refractivity contribution in [2.45, 2.75) is 46.1 Å². The van der Waals surface area contributed by atoms with Crippen molar-refractivity contribution in [2.75, 3.05) is 0 Å². The Morgan fingerprint density at radius 3 is 2.12 bits per heavy atom. The van der Waals surface area contributed by atoms with Gasteiger partial charge in [0, 0.05) is 0 Å². The molecule has 1 N–H and O–H groups in total. The van der Waals surface area contributed by atoms with Crippen LogP contribution < -0.4 is 0 Å². The van der Waals surface area contributed by atoms with Crippen LogP contribution in [0.15, 0.2) is 48.5 Å². The molecule has 24 heavy (non-hydrogen) atoms. The van der Waals surface area contributed by atoms with Gasteiger partial charge in [-0.1, -0.05) is 57.2 Å². The average molecular weight is 326 g/mol. The molecule has 0 fully saturated rings. The number of phenolic OH excluding ortho intramolecular Hbond substituents is 1. The molecule has 0 aliphatic heterocycles. The Morgan fingerprint density at radius 1 is 1.00 bits per heavy atom. The number of esters is 1. The van der Waals surface area contributed by atoms with Gasteiger partial charge in [0.2, 0.25) is 0 Å². The first-order valence-electron chi connectivity index (χ1n) is 8.53. The smallest absolute Gasteiger partial charge is 0.313 e. The van der Waals surface area contributed by atoms with E-state index in [4.69, 9.17) is 4.74 Å². The maximum Gasteiger partial charge on any atom is 0.313 e. The zero-order valence-corrected chi connectivity index (χ0v) is 14.7. The van der Waals surface area contributed by atoms with Gasteiger partial charge in [0.15, 0.2) is 0 Å². The maximum absolute atomic E-state index is 12.4. The highest BCUT2D eigenvalue weighted by Crippen LogP contribution is 2.23. The number of carbonyl (C=O) groups is 1. The van der Waals surface area contributed by atoms with Crippen LogP contribution in [-0.2, 0) is 22.6 Å². The summed E-state index contributed by atoms with van der Waals surface area (Å²) in [7, 11) is 0. The topological polar surface area (TPSA) is 46.5 Å². The summed E-state index contributed by atoms with van der Waals surface area (Å²) in [6.07, 6.45) is 1.75. The first-order chi connectivity index (χ1) is 11.5. The van der Waals surface area contributed by atoms with E-state index in [2.05, 4.69) is 26.0 Å². The molecule has 2 aromatic rings. The van der Waals surface area contributed by atoms with Crippen molar-refractivity contribution in [3.8, 4) is 5.75 Å². The quantitative estimate of drug-likeness (QED) is 0.741. The lowest BCUT2D eigenvalue weighted by molar-refractivity contribution is -0.146. The minimum Gasteiger partial charge on any atom is -0.508 e. The molecule has 0 spiro atoms. The molecule has 0 bridgehead atoms. The molecule has 3 nitrogen and oxygen atoms in total. The van der Waals surface area contributed by atoms with Gasteiger partial charge in [-0.25, -0.2) is 0 Å². The number of aromatic hydroxyl groups is 1. The van der Waals surface area contributed by atoms with Crippen molar-refractivity contribution in [3.63, 3.8) is 0 Å². The summed E-state index contributed by atoms with van der Waals surface area (Å²) < 4.78 is 5.45. The lowest BCUT2D eigenvalue weighted by Gasteiger charge is -2.15. The highest BCUT2D eigenvalue weighted by Gasteiger charge is 2.20. The number of ether oxygens (including phenoxy) is 1. The normalized spacial score (nSPS) is 12.2. The second-order valence-electron chi connectivity index (χ2n) is 6.57. The highest BCUT2D eigenvalue weighted by atomic mass is 16.5. The Labute approximate surface area is 144 Å². The van der Waals surface area contributed by atoms with Crippen LogP contribution in [0.4, 0.5) is 0 Å². The number of hydrogen-bond donors (Lipinski definition) is 1. The number of benzene rings is 2. The lowest BCUT2D eigenvalue weighted by atomic mass is 9.94. The first kappa shape index (κ1) is 18.1. The van der Waals surface area contributed by atoms with E-state index in [-0.39, 0.29) is 24.2 Å². The van der Waals surface area contributed by atoms with Crippen LogP contribution in [0, 0.1) is 5.92 Å². The molecule has 2 rings (SSSR count). The van der Waals surface area contributed by atoms with Gasteiger partial charge >= 0.3 is 5.97 Å². The summed E-state index contributed by atoms with van der Waals surface area (Å²) in [6.45, 7) is 6.61. The third-order valence-corrected chi connectivity index (χ3v) is 4.04. The minimum atomic E-state index is -0.241. The summed E-state index contributed by atoms with van der Waals surface area (Å²) in [4.78, 5) is 12.4. The molecular formula is C21H26O3. The predicted molar refractivity (Wildman–Crippen MR) is 95.9 cm³/mol. The third kappa shape index (κ3) is 5.12. The molecule has 128 valence electrons. The summed E-state index contributed by atoms with van der Waals surface area (Å²) in [5.41, 5.74) is 3.16. The summed E-state index contributed by atoms with van der Waals surface area (Å²) in [5.74, 6) is 0.378. The maximum atomic E-state index is 12.4. The van der Waals surface area contributed by atoms with Crippen molar-refractivity contribution in [2.24, 2.45) is 5.92 Å². The monoisotopic (exact) mass is 326 g/mol. The predicted octanol–water partition coefficient (Wildman–Crippen LogP) is 4.83.